The third kappa shape index (κ3) is 5.21. The van der Waals surface area contributed by atoms with E-state index >= 15 is 0 Å². The molecule has 0 saturated heterocycles. The number of amides is 2. The van der Waals surface area contributed by atoms with Crippen molar-refractivity contribution < 1.29 is 14.0 Å². The monoisotopic (exact) mass is 462 g/mol. The van der Waals surface area contributed by atoms with Gasteiger partial charge in [-0.3, -0.25) is 14.4 Å². The van der Waals surface area contributed by atoms with Gasteiger partial charge in [0.15, 0.2) is 0 Å². The maximum atomic E-state index is 13.4. The Hall–Kier alpha value is -4.11. The molecule has 4 rings (SSSR count). The van der Waals surface area contributed by atoms with E-state index in [0.29, 0.717) is 38.2 Å². The van der Waals surface area contributed by atoms with E-state index in [1.165, 1.54) is 24.3 Å². The highest BCUT2D eigenvalue weighted by Gasteiger charge is 2.16. The normalized spacial score (nSPS) is 10.6. The van der Waals surface area contributed by atoms with Crippen LogP contribution in [0, 0.1) is 19.7 Å². The Morgan fingerprint density at radius 1 is 0.970 bits per heavy atom. The van der Waals surface area contributed by atoms with Crippen LogP contribution >= 0.6 is 11.3 Å². The van der Waals surface area contributed by atoms with Gasteiger partial charge < -0.3 is 15.6 Å². The van der Waals surface area contributed by atoms with Gasteiger partial charge in [-0.25, -0.2) is 9.37 Å². The van der Waals surface area contributed by atoms with Crippen LogP contribution in [0.5, 0.6) is 0 Å². The largest absolute Gasteiger partial charge is 0.321 e. The van der Waals surface area contributed by atoms with Gasteiger partial charge in [0.05, 0.1) is 9.88 Å². The second-order valence-corrected chi connectivity index (χ2v) is 8.41. The smallest absolute Gasteiger partial charge is 0.266 e. The molecule has 2 aromatic heterocycles. The second kappa shape index (κ2) is 9.17. The summed E-state index contributed by atoms with van der Waals surface area (Å²) >= 11 is 1.12. The lowest BCUT2D eigenvalue weighted by atomic mass is 10.1. The van der Waals surface area contributed by atoms with E-state index in [-0.39, 0.29) is 17.0 Å². The molecule has 4 aromatic rings. The molecule has 7 nitrogen and oxygen atoms in total. The number of thiophene rings is 1. The zero-order chi connectivity index (χ0) is 23.5. The van der Waals surface area contributed by atoms with Crippen molar-refractivity contribution in [2.24, 2.45) is 0 Å². The predicted octanol–water partition coefficient (Wildman–Crippen LogP) is 4.76. The number of carbonyl (C=O) groups excluding carboxylic acids is 2. The highest BCUT2D eigenvalue weighted by atomic mass is 32.1. The standard InChI is InChI=1S/C24H19FN4O3S/c1-13-9-20(29-23(31)16-6-3-7-17(25)11-16)33-21(13)24(32)27-18-8-4-5-15(12-18)22-26-14(2)10-19(30)28-22/h3-12H,1-2H3,(H,27,32)(H,29,31)(H,26,28,30). The van der Waals surface area contributed by atoms with Gasteiger partial charge in [0.1, 0.15) is 11.6 Å². The number of rotatable bonds is 5. The highest BCUT2D eigenvalue weighted by molar-refractivity contribution is 7.18. The van der Waals surface area contributed by atoms with E-state index in [4.69, 9.17) is 0 Å². The number of hydrogen-bond acceptors (Lipinski definition) is 5. The molecule has 0 fully saturated rings. The van der Waals surface area contributed by atoms with E-state index in [9.17, 15) is 18.8 Å². The van der Waals surface area contributed by atoms with Crippen LogP contribution in [0.25, 0.3) is 11.4 Å². The number of halogens is 1. The summed E-state index contributed by atoms with van der Waals surface area (Å²) in [7, 11) is 0. The number of nitrogens with one attached hydrogen (secondary N) is 3. The van der Waals surface area contributed by atoms with Gasteiger partial charge in [0, 0.05) is 28.6 Å². The highest BCUT2D eigenvalue weighted by Crippen LogP contribution is 2.28. The van der Waals surface area contributed by atoms with Crippen LogP contribution in [0.2, 0.25) is 0 Å². The number of aromatic amines is 1. The van der Waals surface area contributed by atoms with E-state index in [2.05, 4.69) is 20.6 Å². The first-order chi connectivity index (χ1) is 15.8. The summed E-state index contributed by atoms with van der Waals surface area (Å²) in [6, 6.07) is 15.4. The molecule has 3 N–H and O–H groups in total. The van der Waals surface area contributed by atoms with Gasteiger partial charge in [-0.2, -0.15) is 0 Å². The van der Waals surface area contributed by atoms with Crippen LogP contribution in [0.4, 0.5) is 15.1 Å². The Labute approximate surface area is 192 Å². The van der Waals surface area contributed by atoms with Gasteiger partial charge in [-0.05, 0) is 55.8 Å². The summed E-state index contributed by atoms with van der Waals surface area (Å²) in [6.45, 7) is 3.50. The maximum absolute atomic E-state index is 13.4. The predicted molar refractivity (Wildman–Crippen MR) is 126 cm³/mol. The Bertz CT molecular complexity index is 1430. The molecule has 0 bridgehead atoms. The fourth-order valence-corrected chi connectivity index (χ4v) is 4.19. The zero-order valence-corrected chi connectivity index (χ0v) is 18.5. The summed E-state index contributed by atoms with van der Waals surface area (Å²) in [5.74, 6) is -0.898. The Morgan fingerprint density at radius 3 is 2.52 bits per heavy atom. The number of benzene rings is 2. The molecular weight excluding hydrogens is 443 g/mol. The van der Waals surface area contributed by atoms with Crippen LogP contribution in [-0.2, 0) is 0 Å². The van der Waals surface area contributed by atoms with Crippen molar-refractivity contribution in [3.63, 3.8) is 0 Å². The zero-order valence-electron chi connectivity index (χ0n) is 17.7. The van der Waals surface area contributed by atoms with E-state index in [1.807, 2.05) is 0 Å². The number of hydrogen-bond donors (Lipinski definition) is 3. The summed E-state index contributed by atoms with van der Waals surface area (Å²) < 4.78 is 13.4. The molecule has 0 unspecified atom stereocenters. The van der Waals surface area contributed by atoms with Crippen molar-refractivity contribution in [2.45, 2.75) is 13.8 Å². The second-order valence-electron chi connectivity index (χ2n) is 7.36. The average molecular weight is 463 g/mol. The number of H-pyrrole nitrogens is 1. The topological polar surface area (TPSA) is 104 Å². The number of aryl methyl sites for hydroxylation is 2. The number of aromatic nitrogens is 2. The molecule has 0 saturated carbocycles. The first-order valence-electron chi connectivity index (χ1n) is 9.95. The van der Waals surface area contributed by atoms with Crippen LogP contribution in [0.1, 0.15) is 31.3 Å². The third-order valence-electron chi connectivity index (χ3n) is 4.71. The first-order valence-corrected chi connectivity index (χ1v) is 10.8. The van der Waals surface area contributed by atoms with Crippen molar-refractivity contribution in [1.29, 1.82) is 0 Å². The molecule has 0 atom stereocenters. The summed E-state index contributed by atoms with van der Waals surface area (Å²) in [5.41, 5.74) is 2.39. The van der Waals surface area contributed by atoms with Crippen molar-refractivity contribution in [2.75, 3.05) is 10.6 Å². The van der Waals surface area contributed by atoms with Crippen molar-refractivity contribution >= 4 is 33.8 Å². The van der Waals surface area contributed by atoms with Crippen LogP contribution in [0.3, 0.4) is 0 Å². The number of anilines is 2. The molecule has 2 heterocycles. The molecule has 0 spiro atoms. The lowest BCUT2D eigenvalue weighted by Gasteiger charge is -2.07. The summed E-state index contributed by atoms with van der Waals surface area (Å²) in [5, 5.41) is 6.01. The molecule has 2 amide bonds. The fraction of sp³-hybridized carbons (Fsp3) is 0.0833. The minimum atomic E-state index is -0.503. The molecule has 2 aromatic carbocycles. The van der Waals surface area contributed by atoms with Gasteiger partial charge in [0.2, 0.25) is 0 Å². The molecule has 166 valence electrons. The maximum Gasteiger partial charge on any atom is 0.266 e. The molecular formula is C24H19FN4O3S. The Kier molecular flexibility index (Phi) is 6.14. The van der Waals surface area contributed by atoms with Crippen molar-refractivity contribution in [3.8, 4) is 11.4 Å². The summed E-state index contributed by atoms with van der Waals surface area (Å²) in [4.78, 5) is 44.4. The van der Waals surface area contributed by atoms with Crippen LogP contribution < -0.4 is 16.2 Å². The SMILES string of the molecule is Cc1cc(=O)[nH]c(-c2cccc(NC(=O)c3sc(NC(=O)c4cccc(F)c4)cc3C)c2)n1. The Balaban J connectivity index is 1.51. The first kappa shape index (κ1) is 22.1. The molecule has 0 radical (unpaired) electrons. The molecule has 0 aliphatic heterocycles. The summed E-state index contributed by atoms with van der Waals surface area (Å²) in [6.07, 6.45) is 0. The minimum Gasteiger partial charge on any atom is -0.321 e. The van der Waals surface area contributed by atoms with Crippen molar-refractivity contribution in [3.05, 3.63) is 98.5 Å². The molecule has 33 heavy (non-hydrogen) atoms. The lowest BCUT2D eigenvalue weighted by molar-refractivity contribution is 0.101. The minimum absolute atomic E-state index is 0.187. The van der Waals surface area contributed by atoms with Gasteiger partial charge in [0.25, 0.3) is 17.4 Å². The third-order valence-corrected chi connectivity index (χ3v) is 5.86. The fourth-order valence-electron chi connectivity index (χ4n) is 3.23. The average Bonchev–Trinajstić information content (AvgIpc) is 3.13. The molecule has 0 aliphatic rings. The number of carbonyl (C=O) groups is 2. The van der Waals surface area contributed by atoms with E-state index < -0.39 is 11.7 Å². The number of nitrogens with zero attached hydrogens (tertiary/aromatic N) is 1. The van der Waals surface area contributed by atoms with Crippen LogP contribution in [0.15, 0.2) is 65.5 Å². The molecule has 9 heteroatoms. The molecule has 0 aliphatic carbocycles. The van der Waals surface area contributed by atoms with E-state index in [0.717, 1.165) is 17.4 Å². The van der Waals surface area contributed by atoms with Crippen molar-refractivity contribution in [1.82, 2.24) is 9.97 Å². The van der Waals surface area contributed by atoms with Gasteiger partial charge in [-0.15, -0.1) is 11.3 Å². The van der Waals surface area contributed by atoms with Crippen LogP contribution in [-0.4, -0.2) is 21.8 Å². The Morgan fingerprint density at radius 2 is 1.76 bits per heavy atom. The lowest BCUT2D eigenvalue weighted by Crippen LogP contribution is -2.12. The van der Waals surface area contributed by atoms with Gasteiger partial charge in [-0.1, -0.05) is 18.2 Å². The quantitative estimate of drug-likeness (QED) is 0.398. The van der Waals surface area contributed by atoms with Gasteiger partial charge >= 0.3 is 0 Å². The van der Waals surface area contributed by atoms with E-state index in [1.54, 1.807) is 44.2 Å².